The minimum atomic E-state index is -1.25. The third-order valence-corrected chi connectivity index (χ3v) is 3.85. The second-order valence-electron chi connectivity index (χ2n) is 4.67. The number of aryl methyl sites for hydroxylation is 1. The van der Waals surface area contributed by atoms with Crippen molar-refractivity contribution < 1.29 is 19.9 Å². The molecule has 0 heterocycles. The number of nitrogens with two attached hydrogens (primary N) is 1. The average molecular weight is 314 g/mol. The number of rotatable bonds is 6. The van der Waals surface area contributed by atoms with Crippen LogP contribution < -0.4 is 5.73 Å². The Hall–Kier alpha value is -1.64. The third-order valence-electron chi connectivity index (χ3n) is 3.00. The van der Waals surface area contributed by atoms with Gasteiger partial charge in [-0.05, 0) is 19.4 Å². The number of hydrogen-bond acceptors (Lipinski definition) is 7. The predicted molar refractivity (Wildman–Crippen MR) is 81.0 cm³/mol. The fraction of sp³-hybridized carbons (Fsp3) is 0.462. The van der Waals surface area contributed by atoms with E-state index in [4.69, 9.17) is 5.73 Å². The molecule has 0 spiro atoms. The van der Waals surface area contributed by atoms with Gasteiger partial charge in [-0.15, -0.1) is 0 Å². The Morgan fingerprint density at radius 1 is 1.48 bits per heavy atom. The van der Waals surface area contributed by atoms with E-state index in [1.54, 1.807) is 0 Å². The van der Waals surface area contributed by atoms with Crippen LogP contribution in [0.1, 0.15) is 30.6 Å². The van der Waals surface area contributed by atoms with E-state index in [0.717, 1.165) is 11.8 Å². The number of nitrogens with zero attached hydrogens (tertiary/aromatic N) is 1. The number of carbonyl (C=O) groups excluding carboxylic acids is 1. The number of nitro groups is 1. The molecule has 2 atom stereocenters. The third kappa shape index (κ3) is 4.69. The van der Waals surface area contributed by atoms with E-state index in [-0.39, 0.29) is 28.5 Å². The van der Waals surface area contributed by atoms with Gasteiger partial charge in [-0.3, -0.25) is 14.9 Å². The summed E-state index contributed by atoms with van der Waals surface area (Å²) in [7, 11) is 0. The van der Waals surface area contributed by atoms with E-state index in [2.05, 4.69) is 0 Å². The molecular formula is C13H18N2O5S. The van der Waals surface area contributed by atoms with Gasteiger partial charge in [-0.1, -0.05) is 11.8 Å². The molecule has 1 aromatic rings. The van der Waals surface area contributed by atoms with E-state index in [1.807, 2.05) is 0 Å². The van der Waals surface area contributed by atoms with E-state index in [0.29, 0.717) is 11.3 Å². The summed E-state index contributed by atoms with van der Waals surface area (Å²) in [5.74, 6) is 0.374. The second kappa shape index (κ2) is 7.39. The standard InChI is InChI=1S/C13H18N2O5S/c1-7-5-9(10(14)6-11(7)15(19)20)13(18)12(17)3-4-21-8(2)16/h5-6,12-13,17-18H,3-4,14H2,1-2H3. The van der Waals surface area contributed by atoms with Crippen LogP contribution in [0.4, 0.5) is 11.4 Å². The molecule has 0 amide bonds. The fourth-order valence-electron chi connectivity index (χ4n) is 1.88. The number of nitro benzene ring substituents is 1. The van der Waals surface area contributed by atoms with Gasteiger partial charge in [-0.2, -0.15) is 0 Å². The van der Waals surface area contributed by atoms with Crippen molar-refractivity contribution in [3.05, 3.63) is 33.4 Å². The topological polar surface area (TPSA) is 127 Å². The van der Waals surface area contributed by atoms with Gasteiger partial charge in [0.05, 0.1) is 11.0 Å². The molecule has 0 aliphatic carbocycles. The minimum Gasteiger partial charge on any atom is -0.398 e. The number of hydrogen-bond donors (Lipinski definition) is 3. The van der Waals surface area contributed by atoms with Crippen LogP contribution >= 0.6 is 11.8 Å². The number of carbonyl (C=O) groups is 1. The molecule has 116 valence electrons. The zero-order chi connectivity index (χ0) is 16.2. The monoisotopic (exact) mass is 314 g/mol. The fourth-order valence-corrected chi connectivity index (χ4v) is 2.52. The van der Waals surface area contributed by atoms with Crippen molar-refractivity contribution in [2.45, 2.75) is 32.5 Å². The Labute approximate surface area is 126 Å². The van der Waals surface area contributed by atoms with Crippen LogP contribution in [0.25, 0.3) is 0 Å². The van der Waals surface area contributed by atoms with Gasteiger partial charge in [0.2, 0.25) is 0 Å². The molecule has 0 saturated carbocycles. The summed E-state index contributed by atoms with van der Waals surface area (Å²) < 4.78 is 0. The molecule has 2 unspecified atom stereocenters. The Morgan fingerprint density at radius 2 is 2.10 bits per heavy atom. The Balaban J connectivity index is 2.87. The Morgan fingerprint density at radius 3 is 2.62 bits per heavy atom. The minimum absolute atomic E-state index is 0.0538. The lowest BCUT2D eigenvalue weighted by atomic mass is 9.98. The first kappa shape index (κ1) is 17.4. The molecule has 0 saturated heterocycles. The van der Waals surface area contributed by atoms with Gasteiger partial charge in [0.1, 0.15) is 6.10 Å². The van der Waals surface area contributed by atoms with Crippen LogP contribution in [0.3, 0.4) is 0 Å². The van der Waals surface area contributed by atoms with Crippen LogP contribution in [0.15, 0.2) is 12.1 Å². The highest BCUT2D eigenvalue weighted by atomic mass is 32.2. The van der Waals surface area contributed by atoms with Gasteiger partial charge >= 0.3 is 0 Å². The first-order valence-corrected chi connectivity index (χ1v) is 7.26. The normalized spacial score (nSPS) is 13.7. The van der Waals surface area contributed by atoms with Gasteiger partial charge in [0.15, 0.2) is 5.12 Å². The van der Waals surface area contributed by atoms with Crippen molar-refractivity contribution >= 4 is 28.3 Å². The molecule has 21 heavy (non-hydrogen) atoms. The number of nitrogen functional groups attached to an aromatic ring is 1. The molecule has 0 bridgehead atoms. The van der Waals surface area contributed by atoms with Gasteiger partial charge in [0, 0.05) is 35.6 Å². The van der Waals surface area contributed by atoms with Crippen LogP contribution in [0.5, 0.6) is 0 Å². The highest BCUT2D eigenvalue weighted by Gasteiger charge is 2.23. The highest BCUT2D eigenvalue weighted by Crippen LogP contribution is 2.31. The number of benzene rings is 1. The van der Waals surface area contributed by atoms with E-state index in [9.17, 15) is 25.1 Å². The number of thioether (sulfide) groups is 1. The molecule has 0 radical (unpaired) electrons. The zero-order valence-electron chi connectivity index (χ0n) is 11.8. The maximum Gasteiger partial charge on any atom is 0.274 e. The lowest BCUT2D eigenvalue weighted by Crippen LogP contribution is -2.20. The molecule has 0 fully saturated rings. The van der Waals surface area contributed by atoms with Crippen LogP contribution in [0.2, 0.25) is 0 Å². The SMILES string of the molecule is CC(=O)SCCC(O)C(O)c1cc(C)c([N+](=O)[O-])cc1N. The molecular weight excluding hydrogens is 296 g/mol. The molecule has 0 aliphatic heterocycles. The molecule has 7 nitrogen and oxygen atoms in total. The van der Waals surface area contributed by atoms with Gasteiger partial charge in [0.25, 0.3) is 5.69 Å². The van der Waals surface area contributed by atoms with Crippen molar-refractivity contribution in [1.82, 2.24) is 0 Å². The maximum absolute atomic E-state index is 10.8. The molecule has 0 aromatic heterocycles. The zero-order valence-corrected chi connectivity index (χ0v) is 12.6. The average Bonchev–Trinajstić information content (AvgIpc) is 2.39. The molecule has 0 aliphatic rings. The summed E-state index contributed by atoms with van der Waals surface area (Å²) in [6.07, 6.45) is -2.14. The van der Waals surface area contributed by atoms with Crippen molar-refractivity contribution in [2.75, 3.05) is 11.5 Å². The lowest BCUT2D eigenvalue weighted by Gasteiger charge is -2.19. The van der Waals surface area contributed by atoms with Gasteiger partial charge < -0.3 is 15.9 Å². The Kier molecular flexibility index (Phi) is 6.13. The van der Waals surface area contributed by atoms with Crippen LogP contribution in [0, 0.1) is 17.0 Å². The van der Waals surface area contributed by atoms with Crippen molar-refractivity contribution in [3.63, 3.8) is 0 Å². The van der Waals surface area contributed by atoms with Crippen LogP contribution in [-0.4, -0.2) is 32.1 Å². The number of anilines is 1. The van der Waals surface area contributed by atoms with E-state index < -0.39 is 17.1 Å². The quantitative estimate of drug-likeness (QED) is 0.413. The summed E-state index contributed by atoms with van der Waals surface area (Å²) in [5, 5.41) is 30.7. The van der Waals surface area contributed by atoms with Crippen molar-refractivity contribution in [2.24, 2.45) is 0 Å². The first-order chi connectivity index (χ1) is 9.73. The second-order valence-corrected chi connectivity index (χ2v) is 5.94. The maximum atomic E-state index is 10.8. The van der Waals surface area contributed by atoms with E-state index >= 15 is 0 Å². The van der Waals surface area contributed by atoms with E-state index in [1.165, 1.54) is 26.0 Å². The molecule has 4 N–H and O–H groups in total. The number of aliphatic hydroxyl groups excluding tert-OH is 2. The van der Waals surface area contributed by atoms with Crippen molar-refractivity contribution in [1.29, 1.82) is 0 Å². The van der Waals surface area contributed by atoms with Crippen molar-refractivity contribution in [3.8, 4) is 0 Å². The summed E-state index contributed by atoms with van der Waals surface area (Å²) in [4.78, 5) is 21.0. The van der Waals surface area contributed by atoms with Gasteiger partial charge in [-0.25, -0.2) is 0 Å². The lowest BCUT2D eigenvalue weighted by molar-refractivity contribution is -0.385. The summed E-state index contributed by atoms with van der Waals surface area (Å²) in [6, 6.07) is 2.57. The highest BCUT2D eigenvalue weighted by molar-refractivity contribution is 8.13. The summed E-state index contributed by atoms with van der Waals surface area (Å²) in [6.45, 7) is 2.96. The first-order valence-electron chi connectivity index (χ1n) is 6.28. The largest absolute Gasteiger partial charge is 0.398 e. The Bertz CT molecular complexity index is 550. The molecule has 8 heteroatoms. The molecule has 1 rings (SSSR count). The molecule has 1 aromatic carbocycles. The van der Waals surface area contributed by atoms with Crippen LogP contribution in [-0.2, 0) is 4.79 Å². The summed E-state index contributed by atoms with van der Waals surface area (Å²) in [5.41, 5.74) is 6.23. The smallest absolute Gasteiger partial charge is 0.274 e. The number of aliphatic hydroxyl groups is 2. The summed E-state index contributed by atoms with van der Waals surface area (Å²) >= 11 is 1.06. The predicted octanol–water partition coefficient (Wildman–Crippen LogP) is 1.55.